The highest BCUT2D eigenvalue weighted by Gasteiger charge is 2.23. The summed E-state index contributed by atoms with van der Waals surface area (Å²) in [7, 11) is -3.40. The molecule has 4 nitrogen and oxygen atoms in total. The Kier molecular flexibility index (Phi) is 4.97. The maximum Gasteiger partial charge on any atom is 0.250 e. The zero-order valence-electron chi connectivity index (χ0n) is 12.5. The van der Waals surface area contributed by atoms with Gasteiger partial charge in [-0.05, 0) is 31.4 Å². The first kappa shape index (κ1) is 16.1. The summed E-state index contributed by atoms with van der Waals surface area (Å²) in [6.45, 7) is 2.07. The Bertz CT molecular complexity index is 728. The van der Waals surface area contributed by atoms with E-state index < -0.39 is 10.0 Å². The van der Waals surface area contributed by atoms with Gasteiger partial charge in [0.05, 0.1) is 10.6 Å². The molecule has 0 aromatic carbocycles. The van der Waals surface area contributed by atoms with E-state index in [1.165, 1.54) is 17.8 Å². The molecule has 0 saturated heterocycles. The van der Waals surface area contributed by atoms with Gasteiger partial charge in [-0.2, -0.15) is 0 Å². The largest absolute Gasteiger partial charge is 0.250 e. The third-order valence-corrected chi connectivity index (χ3v) is 8.06. The van der Waals surface area contributed by atoms with Gasteiger partial charge in [0.15, 0.2) is 0 Å². The van der Waals surface area contributed by atoms with Crippen molar-refractivity contribution in [3.63, 3.8) is 0 Å². The first-order chi connectivity index (χ1) is 10.6. The van der Waals surface area contributed by atoms with Crippen LogP contribution < -0.4 is 4.72 Å². The number of rotatable bonds is 5. The van der Waals surface area contributed by atoms with E-state index in [1.807, 2.05) is 11.4 Å². The van der Waals surface area contributed by atoms with Crippen molar-refractivity contribution in [1.29, 1.82) is 0 Å². The predicted molar refractivity (Wildman–Crippen MR) is 92.0 cm³/mol. The highest BCUT2D eigenvalue weighted by atomic mass is 32.2. The fourth-order valence-corrected chi connectivity index (χ4v) is 6.26. The zero-order chi connectivity index (χ0) is 15.6. The summed E-state index contributed by atoms with van der Waals surface area (Å²) in [5.41, 5.74) is 1.05. The molecule has 1 saturated carbocycles. The van der Waals surface area contributed by atoms with Gasteiger partial charge in [-0.15, -0.1) is 22.7 Å². The quantitative estimate of drug-likeness (QED) is 0.879. The molecule has 1 aliphatic rings. The van der Waals surface area contributed by atoms with Crippen LogP contribution >= 0.6 is 22.7 Å². The number of nitrogens with one attached hydrogen (secondary N) is 1. The van der Waals surface area contributed by atoms with E-state index in [9.17, 15) is 8.42 Å². The van der Waals surface area contributed by atoms with Crippen molar-refractivity contribution in [1.82, 2.24) is 9.71 Å². The highest BCUT2D eigenvalue weighted by molar-refractivity contribution is 7.91. The molecule has 1 N–H and O–H groups in total. The van der Waals surface area contributed by atoms with E-state index >= 15 is 0 Å². The third kappa shape index (κ3) is 3.59. The summed E-state index contributed by atoms with van der Waals surface area (Å²) in [6, 6.07) is 3.65. The van der Waals surface area contributed by atoms with E-state index in [1.54, 1.807) is 17.4 Å². The molecule has 2 aromatic rings. The number of aromatic nitrogens is 1. The Morgan fingerprint density at radius 3 is 2.73 bits per heavy atom. The van der Waals surface area contributed by atoms with Crippen molar-refractivity contribution in [2.75, 3.05) is 0 Å². The van der Waals surface area contributed by atoms with Crippen molar-refractivity contribution in [2.24, 2.45) is 0 Å². The first-order valence-electron chi connectivity index (χ1n) is 7.65. The average molecular weight is 357 g/mol. The number of aryl methyl sites for hydroxylation is 1. The zero-order valence-corrected chi connectivity index (χ0v) is 15.0. The molecule has 1 aliphatic carbocycles. The monoisotopic (exact) mass is 356 g/mol. The van der Waals surface area contributed by atoms with Gasteiger partial charge in [-0.1, -0.05) is 26.2 Å². The SMILES string of the molecule is CCc1csc(-c2ccc(S(=O)(=O)NC3CCCCC3)s2)n1. The van der Waals surface area contributed by atoms with Crippen LogP contribution in [-0.4, -0.2) is 19.4 Å². The fourth-order valence-electron chi connectivity index (χ4n) is 2.66. The number of hydrogen-bond donors (Lipinski definition) is 1. The Hall–Kier alpha value is -0.760. The minimum Gasteiger partial charge on any atom is -0.240 e. The van der Waals surface area contributed by atoms with E-state index in [4.69, 9.17) is 0 Å². The van der Waals surface area contributed by atoms with E-state index in [0.717, 1.165) is 47.7 Å². The van der Waals surface area contributed by atoms with Crippen LogP contribution in [0.25, 0.3) is 9.88 Å². The van der Waals surface area contributed by atoms with Gasteiger partial charge in [-0.25, -0.2) is 18.1 Å². The molecule has 0 radical (unpaired) electrons. The second kappa shape index (κ2) is 6.78. The Labute approximate surface area is 139 Å². The van der Waals surface area contributed by atoms with Gasteiger partial charge in [0.2, 0.25) is 10.0 Å². The molecule has 2 heterocycles. The summed E-state index contributed by atoms with van der Waals surface area (Å²) < 4.78 is 28.2. The van der Waals surface area contributed by atoms with Crippen LogP contribution in [0.15, 0.2) is 21.7 Å². The number of thiophene rings is 1. The van der Waals surface area contributed by atoms with Crippen molar-refractivity contribution in [2.45, 2.75) is 55.7 Å². The molecule has 1 fully saturated rings. The summed E-state index contributed by atoms with van der Waals surface area (Å²) in [5, 5.41) is 2.93. The predicted octanol–water partition coefficient (Wildman–Crippen LogP) is 4.05. The molecular formula is C15H20N2O2S3. The molecule has 120 valence electrons. The Morgan fingerprint density at radius 2 is 2.05 bits per heavy atom. The number of hydrogen-bond acceptors (Lipinski definition) is 5. The van der Waals surface area contributed by atoms with Gasteiger partial charge in [0.25, 0.3) is 0 Å². The lowest BCUT2D eigenvalue weighted by molar-refractivity contribution is 0.412. The van der Waals surface area contributed by atoms with Crippen molar-refractivity contribution >= 4 is 32.7 Å². The van der Waals surface area contributed by atoms with Gasteiger partial charge in [-0.3, -0.25) is 0 Å². The molecule has 0 bridgehead atoms. The average Bonchev–Trinajstić information content (AvgIpc) is 3.17. The summed E-state index contributed by atoms with van der Waals surface area (Å²) in [5.74, 6) is 0. The molecular weight excluding hydrogens is 336 g/mol. The smallest absolute Gasteiger partial charge is 0.240 e. The van der Waals surface area contributed by atoms with E-state index in [-0.39, 0.29) is 6.04 Å². The van der Waals surface area contributed by atoms with Crippen LogP contribution in [-0.2, 0) is 16.4 Å². The maximum atomic E-state index is 12.5. The van der Waals surface area contributed by atoms with Crippen LogP contribution in [0.4, 0.5) is 0 Å². The Morgan fingerprint density at radius 1 is 1.27 bits per heavy atom. The van der Waals surface area contributed by atoms with Crippen molar-refractivity contribution in [3.8, 4) is 9.88 Å². The lowest BCUT2D eigenvalue weighted by Crippen LogP contribution is -2.35. The molecule has 0 spiro atoms. The molecule has 0 aliphatic heterocycles. The Balaban J connectivity index is 1.76. The molecule has 0 unspecified atom stereocenters. The normalized spacial score (nSPS) is 17.0. The van der Waals surface area contributed by atoms with Gasteiger partial charge < -0.3 is 0 Å². The molecule has 2 aromatic heterocycles. The topological polar surface area (TPSA) is 59.1 Å². The van der Waals surface area contributed by atoms with Crippen molar-refractivity contribution < 1.29 is 8.42 Å². The minimum atomic E-state index is -3.40. The van der Waals surface area contributed by atoms with Crippen LogP contribution in [0.2, 0.25) is 0 Å². The standard InChI is InChI=1S/C15H20N2O2S3/c1-2-11-10-20-15(16-11)13-8-9-14(21-13)22(18,19)17-12-6-4-3-5-7-12/h8-10,12,17H,2-7H2,1H3. The fraction of sp³-hybridized carbons (Fsp3) is 0.533. The molecule has 7 heteroatoms. The maximum absolute atomic E-state index is 12.5. The molecule has 0 atom stereocenters. The van der Waals surface area contributed by atoms with Crippen LogP contribution in [0.1, 0.15) is 44.7 Å². The van der Waals surface area contributed by atoms with Crippen LogP contribution in [0.3, 0.4) is 0 Å². The summed E-state index contributed by atoms with van der Waals surface area (Å²) in [6.07, 6.45) is 6.23. The minimum absolute atomic E-state index is 0.0934. The second-order valence-electron chi connectivity index (χ2n) is 5.57. The number of sulfonamides is 1. The molecule has 22 heavy (non-hydrogen) atoms. The van der Waals surface area contributed by atoms with Gasteiger partial charge in [0.1, 0.15) is 9.22 Å². The summed E-state index contributed by atoms with van der Waals surface area (Å²) >= 11 is 2.87. The number of nitrogens with zero attached hydrogens (tertiary/aromatic N) is 1. The lowest BCUT2D eigenvalue weighted by Gasteiger charge is -2.22. The third-order valence-electron chi connectivity index (χ3n) is 3.90. The molecule has 0 amide bonds. The second-order valence-corrected chi connectivity index (χ2v) is 9.46. The molecule has 3 rings (SSSR count). The lowest BCUT2D eigenvalue weighted by atomic mass is 9.96. The van der Waals surface area contributed by atoms with Gasteiger partial charge in [0, 0.05) is 11.4 Å². The van der Waals surface area contributed by atoms with Crippen LogP contribution in [0.5, 0.6) is 0 Å². The number of thiazole rings is 1. The van der Waals surface area contributed by atoms with Gasteiger partial charge >= 0.3 is 0 Å². The highest BCUT2D eigenvalue weighted by Crippen LogP contribution is 2.33. The van der Waals surface area contributed by atoms with E-state index in [2.05, 4.69) is 16.6 Å². The van der Waals surface area contributed by atoms with Crippen molar-refractivity contribution in [3.05, 3.63) is 23.2 Å². The van der Waals surface area contributed by atoms with Crippen LogP contribution in [0, 0.1) is 0 Å². The summed E-state index contributed by atoms with van der Waals surface area (Å²) in [4.78, 5) is 5.45. The van der Waals surface area contributed by atoms with E-state index in [0.29, 0.717) is 4.21 Å². The first-order valence-corrected chi connectivity index (χ1v) is 10.8.